The van der Waals surface area contributed by atoms with Gasteiger partial charge in [0.1, 0.15) is 0 Å². The highest BCUT2D eigenvalue weighted by molar-refractivity contribution is 6.35. The maximum atomic E-state index is 6.35. The van der Waals surface area contributed by atoms with Crippen molar-refractivity contribution in [3.05, 3.63) is 33.8 Å². The molecule has 0 heterocycles. The maximum absolute atomic E-state index is 6.35. The van der Waals surface area contributed by atoms with Gasteiger partial charge in [-0.15, -0.1) is 0 Å². The summed E-state index contributed by atoms with van der Waals surface area (Å²) in [7, 11) is 1.85. The van der Waals surface area contributed by atoms with E-state index in [1.165, 1.54) is 19.3 Å². The molecule has 1 fully saturated rings. The van der Waals surface area contributed by atoms with Gasteiger partial charge >= 0.3 is 0 Å². The Bertz CT molecular complexity index is 458. The fraction of sp³-hybridized carbons (Fsp3) is 0.647. The molecule has 1 aromatic rings. The van der Waals surface area contributed by atoms with Crippen LogP contribution in [-0.2, 0) is 11.2 Å². The van der Waals surface area contributed by atoms with Crippen LogP contribution >= 0.6 is 23.2 Å². The summed E-state index contributed by atoms with van der Waals surface area (Å²) < 4.78 is 6.00. The fourth-order valence-corrected chi connectivity index (χ4v) is 3.93. The van der Waals surface area contributed by atoms with Crippen LogP contribution in [-0.4, -0.2) is 25.3 Å². The number of hydrogen-bond donors (Lipinski definition) is 1. The molecule has 118 valence electrons. The van der Waals surface area contributed by atoms with Crippen molar-refractivity contribution in [2.75, 3.05) is 13.7 Å². The lowest BCUT2D eigenvalue weighted by molar-refractivity contribution is -0.0669. The summed E-state index contributed by atoms with van der Waals surface area (Å²) in [4.78, 5) is 0. The van der Waals surface area contributed by atoms with Crippen molar-refractivity contribution < 1.29 is 4.74 Å². The Kier molecular flexibility index (Phi) is 6.36. The summed E-state index contributed by atoms with van der Waals surface area (Å²) in [5.41, 5.74) is 1.06. The molecule has 0 aliphatic heterocycles. The molecule has 1 atom stereocenters. The Morgan fingerprint density at radius 3 is 2.52 bits per heavy atom. The van der Waals surface area contributed by atoms with E-state index in [9.17, 15) is 0 Å². The van der Waals surface area contributed by atoms with Gasteiger partial charge in [-0.1, -0.05) is 55.5 Å². The van der Waals surface area contributed by atoms with Crippen LogP contribution in [0.2, 0.25) is 10.0 Å². The van der Waals surface area contributed by atoms with Crippen LogP contribution in [0, 0.1) is 0 Å². The molecule has 1 aliphatic carbocycles. The molecule has 2 rings (SSSR count). The SMILES string of the molecule is CCNC(Cc1ccc(Cl)cc1Cl)C1(OC)CCCCC1. The Morgan fingerprint density at radius 2 is 1.95 bits per heavy atom. The molecular formula is C17H25Cl2NO. The number of hydrogen-bond acceptors (Lipinski definition) is 2. The smallest absolute Gasteiger partial charge is 0.0834 e. The summed E-state index contributed by atoms with van der Waals surface area (Å²) in [6.07, 6.45) is 6.90. The van der Waals surface area contributed by atoms with E-state index in [1.54, 1.807) is 0 Å². The molecule has 0 saturated heterocycles. The topological polar surface area (TPSA) is 21.3 Å². The molecule has 2 nitrogen and oxygen atoms in total. The van der Waals surface area contributed by atoms with Crippen molar-refractivity contribution in [2.24, 2.45) is 0 Å². The molecular weight excluding hydrogens is 305 g/mol. The van der Waals surface area contributed by atoms with E-state index in [0.29, 0.717) is 5.02 Å². The van der Waals surface area contributed by atoms with Gasteiger partial charge in [-0.05, 0) is 43.5 Å². The van der Waals surface area contributed by atoms with Crippen molar-refractivity contribution in [2.45, 2.75) is 57.1 Å². The zero-order valence-corrected chi connectivity index (χ0v) is 14.4. The van der Waals surface area contributed by atoms with Gasteiger partial charge in [-0.2, -0.15) is 0 Å². The van der Waals surface area contributed by atoms with E-state index >= 15 is 0 Å². The number of ether oxygens (including phenoxy) is 1. The van der Waals surface area contributed by atoms with Crippen LogP contribution in [0.5, 0.6) is 0 Å². The molecule has 21 heavy (non-hydrogen) atoms. The van der Waals surface area contributed by atoms with Gasteiger partial charge in [0, 0.05) is 23.2 Å². The molecule has 0 spiro atoms. The van der Waals surface area contributed by atoms with Crippen LogP contribution in [0.1, 0.15) is 44.6 Å². The first-order valence-corrected chi connectivity index (χ1v) is 8.59. The van der Waals surface area contributed by atoms with Gasteiger partial charge in [-0.25, -0.2) is 0 Å². The molecule has 0 amide bonds. The van der Waals surface area contributed by atoms with Gasteiger partial charge in [0.25, 0.3) is 0 Å². The Hall–Kier alpha value is -0.280. The maximum Gasteiger partial charge on any atom is 0.0834 e. The van der Waals surface area contributed by atoms with E-state index in [1.807, 2.05) is 25.3 Å². The first-order valence-electron chi connectivity index (χ1n) is 7.84. The summed E-state index contributed by atoms with van der Waals surface area (Å²) in [5, 5.41) is 5.04. The van der Waals surface area contributed by atoms with Crippen LogP contribution in [0.4, 0.5) is 0 Å². The van der Waals surface area contributed by atoms with Gasteiger partial charge in [-0.3, -0.25) is 0 Å². The number of rotatable bonds is 6. The van der Waals surface area contributed by atoms with Gasteiger partial charge in [0.2, 0.25) is 0 Å². The van der Waals surface area contributed by atoms with Crippen LogP contribution < -0.4 is 5.32 Å². The average Bonchev–Trinajstić information content (AvgIpc) is 2.50. The highest BCUT2D eigenvalue weighted by atomic mass is 35.5. The van der Waals surface area contributed by atoms with Crippen LogP contribution in [0.25, 0.3) is 0 Å². The number of benzene rings is 1. The van der Waals surface area contributed by atoms with E-state index in [0.717, 1.165) is 36.4 Å². The number of halogens is 2. The summed E-state index contributed by atoms with van der Waals surface area (Å²) in [6, 6.07) is 6.04. The minimum absolute atomic E-state index is 0.0722. The van der Waals surface area contributed by atoms with Crippen LogP contribution in [0.3, 0.4) is 0 Å². The first-order chi connectivity index (χ1) is 10.1. The zero-order chi connectivity index (χ0) is 15.3. The third kappa shape index (κ3) is 4.13. The van der Waals surface area contributed by atoms with Gasteiger partial charge in [0.05, 0.1) is 5.60 Å². The molecule has 1 aromatic carbocycles. The van der Waals surface area contributed by atoms with Gasteiger partial charge < -0.3 is 10.1 Å². The highest BCUT2D eigenvalue weighted by Crippen LogP contribution is 2.36. The quantitative estimate of drug-likeness (QED) is 0.804. The number of likely N-dealkylation sites (N-methyl/N-ethyl adjacent to an activating group) is 1. The van der Waals surface area contributed by atoms with E-state index in [2.05, 4.69) is 12.2 Å². The van der Waals surface area contributed by atoms with Crippen molar-refractivity contribution in [1.29, 1.82) is 0 Å². The Balaban J connectivity index is 2.21. The van der Waals surface area contributed by atoms with Crippen molar-refractivity contribution in [3.63, 3.8) is 0 Å². The van der Waals surface area contributed by atoms with Crippen LogP contribution in [0.15, 0.2) is 18.2 Å². The zero-order valence-electron chi connectivity index (χ0n) is 12.9. The second kappa shape index (κ2) is 7.82. The van der Waals surface area contributed by atoms with Gasteiger partial charge in [0.15, 0.2) is 0 Å². The van der Waals surface area contributed by atoms with E-state index in [4.69, 9.17) is 27.9 Å². The lowest BCUT2D eigenvalue weighted by Gasteiger charge is -2.43. The molecule has 1 unspecified atom stereocenters. The first kappa shape index (κ1) is 17.1. The normalized spacial score (nSPS) is 19.4. The molecule has 1 saturated carbocycles. The third-order valence-electron chi connectivity index (χ3n) is 4.63. The molecule has 0 radical (unpaired) electrons. The van der Waals surface area contributed by atoms with Crippen molar-refractivity contribution in [1.82, 2.24) is 5.32 Å². The Labute approximate surface area is 138 Å². The molecule has 0 aromatic heterocycles. The lowest BCUT2D eigenvalue weighted by Crippen LogP contribution is -2.54. The minimum Gasteiger partial charge on any atom is -0.377 e. The van der Waals surface area contributed by atoms with E-state index in [-0.39, 0.29) is 11.6 Å². The monoisotopic (exact) mass is 329 g/mol. The van der Waals surface area contributed by atoms with E-state index < -0.39 is 0 Å². The average molecular weight is 330 g/mol. The fourth-order valence-electron chi connectivity index (χ4n) is 3.44. The minimum atomic E-state index is -0.0722. The lowest BCUT2D eigenvalue weighted by atomic mass is 9.77. The summed E-state index contributed by atoms with van der Waals surface area (Å²) in [5.74, 6) is 0. The predicted molar refractivity (Wildman–Crippen MR) is 90.5 cm³/mol. The molecule has 1 N–H and O–H groups in total. The summed E-state index contributed by atoms with van der Waals surface area (Å²) >= 11 is 12.3. The second-order valence-corrected chi connectivity index (χ2v) is 6.72. The second-order valence-electron chi connectivity index (χ2n) is 5.88. The Morgan fingerprint density at radius 1 is 1.24 bits per heavy atom. The number of methoxy groups -OCH3 is 1. The standard InChI is InChI=1S/C17H25Cl2NO/c1-3-20-16(17(21-2)9-5-4-6-10-17)11-13-7-8-14(18)12-15(13)19/h7-8,12,16,20H,3-6,9-11H2,1-2H3. The molecule has 4 heteroatoms. The molecule has 0 bridgehead atoms. The van der Waals surface area contributed by atoms with Crippen molar-refractivity contribution in [3.8, 4) is 0 Å². The largest absolute Gasteiger partial charge is 0.377 e. The summed E-state index contributed by atoms with van der Waals surface area (Å²) in [6.45, 7) is 3.07. The predicted octanol–water partition coefficient (Wildman–Crippen LogP) is 4.86. The molecule has 1 aliphatic rings. The highest BCUT2D eigenvalue weighted by Gasteiger charge is 2.39. The number of nitrogens with one attached hydrogen (secondary N) is 1. The third-order valence-corrected chi connectivity index (χ3v) is 5.22. The van der Waals surface area contributed by atoms with Crippen molar-refractivity contribution >= 4 is 23.2 Å².